The van der Waals surface area contributed by atoms with E-state index < -0.39 is 5.91 Å². The van der Waals surface area contributed by atoms with Gasteiger partial charge in [-0.3, -0.25) is 14.5 Å². The Morgan fingerprint density at radius 2 is 1.72 bits per heavy atom. The summed E-state index contributed by atoms with van der Waals surface area (Å²) in [5, 5.41) is 3.14. The van der Waals surface area contributed by atoms with Gasteiger partial charge in [-0.15, -0.1) is 0 Å². The van der Waals surface area contributed by atoms with Crippen molar-refractivity contribution in [3.63, 3.8) is 0 Å². The Morgan fingerprint density at radius 1 is 0.938 bits per heavy atom. The van der Waals surface area contributed by atoms with E-state index in [1.807, 2.05) is 25.1 Å². The number of benzene rings is 2. The van der Waals surface area contributed by atoms with Crippen molar-refractivity contribution in [1.29, 1.82) is 0 Å². The van der Waals surface area contributed by atoms with Crippen LogP contribution in [0.25, 0.3) is 5.57 Å². The Labute approximate surface area is 187 Å². The predicted molar refractivity (Wildman–Crippen MR) is 121 cm³/mol. The number of rotatable bonds is 11. The van der Waals surface area contributed by atoms with Crippen molar-refractivity contribution in [3.8, 4) is 17.2 Å². The molecule has 2 amide bonds. The standard InChI is InChI=1S/C24H28N2O6/c1-5-32-18-9-6-8-17(15-18)25-22-21(16-10-11-19(30-3)20(14-16)31-4)23(27)26(24(22)28)12-7-13-29-2/h6,8-11,14-15,25H,5,7,12-13H2,1-4H3. The Bertz CT molecular complexity index is 1020. The number of methoxy groups -OCH3 is 3. The largest absolute Gasteiger partial charge is 0.494 e. The highest BCUT2D eigenvalue weighted by Crippen LogP contribution is 2.36. The molecular weight excluding hydrogens is 412 g/mol. The lowest BCUT2D eigenvalue weighted by atomic mass is 10.0. The number of anilines is 1. The van der Waals surface area contributed by atoms with Crippen LogP contribution in [0.4, 0.5) is 5.69 Å². The second-order valence-corrected chi connectivity index (χ2v) is 7.01. The monoisotopic (exact) mass is 440 g/mol. The molecule has 8 nitrogen and oxygen atoms in total. The van der Waals surface area contributed by atoms with E-state index in [1.54, 1.807) is 31.4 Å². The highest BCUT2D eigenvalue weighted by Gasteiger charge is 2.39. The topological polar surface area (TPSA) is 86.3 Å². The first kappa shape index (κ1) is 23.1. The summed E-state index contributed by atoms with van der Waals surface area (Å²) in [6, 6.07) is 12.4. The highest BCUT2D eigenvalue weighted by atomic mass is 16.5. The molecule has 1 aliphatic heterocycles. The molecule has 0 radical (unpaired) electrons. The van der Waals surface area contributed by atoms with E-state index in [4.69, 9.17) is 18.9 Å². The third-order valence-corrected chi connectivity index (χ3v) is 4.98. The van der Waals surface area contributed by atoms with Gasteiger partial charge in [0.2, 0.25) is 0 Å². The van der Waals surface area contributed by atoms with E-state index >= 15 is 0 Å². The van der Waals surface area contributed by atoms with Gasteiger partial charge < -0.3 is 24.3 Å². The molecule has 0 unspecified atom stereocenters. The van der Waals surface area contributed by atoms with Crippen molar-refractivity contribution in [2.45, 2.75) is 13.3 Å². The van der Waals surface area contributed by atoms with E-state index in [2.05, 4.69) is 5.32 Å². The minimum Gasteiger partial charge on any atom is -0.494 e. The molecule has 0 atom stereocenters. The van der Waals surface area contributed by atoms with Gasteiger partial charge in [0.25, 0.3) is 11.8 Å². The van der Waals surface area contributed by atoms with Gasteiger partial charge in [0.05, 0.1) is 26.4 Å². The molecule has 0 spiro atoms. The van der Waals surface area contributed by atoms with Gasteiger partial charge >= 0.3 is 0 Å². The molecular formula is C24H28N2O6. The number of hydrogen-bond donors (Lipinski definition) is 1. The molecule has 2 aromatic carbocycles. The average Bonchev–Trinajstić information content (AvgIpc) is 3.03. The zero-order valence-corrected chi connectivity index (χ0v) is 18.8. The number of nitrogens with zero attached hydrogens (tertiary/aromatic N) is 1. The lowest BCUT2D eigenvalue weighted by Gasteiger charge is -2.15. The zero-order valence-electron chi connectivity index (χ0n) is 18.8. The van der Waals surface area contributed by atoms with Crippen LogP contribution in [0.2, 0.25) is 0 Å². The van der Waals surface area contributed by atoms with Crippen LogP contribution >= 0.6 is 0 Å². The van der Waals surface area contributed by atoms with E-state index in [9.17, 15) is 9.59 Å². The number of carbonyl (C=O) groups excluding carboxylic acids is 2. The first-order valence-electron chi connectivity index (χ1n) is 10.4. The van der Waals surface area contributed by atoms with Gasteiger partial charge in [-0.2, -0.15) is 0 Å². The van der Waals surface area contributed by atoms with Crippen molar-refractivity contribution in [1.82, 2.24) is 4.90 Å². The second-order valence-electron chi connectivity index (χ2n) is 7.01. The van der Waals surface area contributed by atoms with Crippen molar-refractivity contribution in [2.75, 3.05) is 46.4 Å². The number of amides is 2. The maximum atomic E-state index is 13.3. The van der Waals surface area contributed by atoms with Gasteiger partial charge in [0.15, 0.2) is 11.5 Å². The summed E-state index contributed by atoms with van der Waals surface area (Å²) >= 11 is 0. The second kappa shape index (κ2) is 10.7. The van der Waals surface area contributed by atoms with Crippen LogP contribution in [0.3, 0.4) is 0 Å². The van der Waals surface area contributed by atoms with Gasteiger partial charge in [0, 0.05) is 32.0 Å². The fraction of sp³-hybridized carbons (Fsp3) is 0.333. The maximum Gasteiger partial charge on any atom is 0.278 e. The lowest BCUT2D eigenvalue weighted by molar-refractivity contribution is -0.136. The minimum absolute atomic E-state index is 0.202. The Morgan fingerprint density at radius 3 is 2.41 bits per heavy atom. The SMILES string of the molecule is CCOc1cccc(NC2=C(c3ccc(OC)c(OC)c3)C(=O)N(CCCOC)C2=O)c1. The summed E-state index contributed by atoms with van der Waals surface area (Å²) in [5.41, 5.74) is 1.67. The summed E-state index contributed by atoms with van der Waals surface area (Å²) < 4.78 is 21.3. The Hall–Kier alpha value is -3.52. The normalized spacial score (nSPS) is 13.6. The summed E-state index contributed by atoms with van der Waals surface area (Å²) in [5.74, 6) is 0.900. The predicted octanol–water partition coefficient (Wildman–Crippen LogP) is 3.33. The van der Waals surface area contributed by atoms with E-state index in [1.165, 1.54) is 19.1 Å². The van der Waals surface area contributed by atoms with Gasteiger partial charge in [-0.05, 0) is 43.2 Å². The molecule has 2 aromatic rings. The van der Waals surface area contributed by atoms with Crippen LogP contribution in [0, 0.1) is 0 Å². The highest BCUT2D eigenvalue weighted by molar-refractivity contribution is 6.36. The van der Waals surface area contributed by atoms with E-state index in [0.717, 1.165) is 0 Å². The number of ether oxygens (including phenoxy) is 4. The minimum atomic E-state index is -0.391. The van der Waals surface area contributed by atoms with Crippen molar-refractivity contribution < 1.29 is 28.5 Å². The molecule has 170 valence electrons. The van der Waals surface area contributed by atoms with Crippen LogP contribution in [0.15, 0.2) is 48.2 Å². The third-order valence-electron chi connectivity index (χ3n) is 4.98. The third kappa shape index (κ3) is 4.86. The van der Waals surface area contributed by atoms with Crippen molar-refractivity contribution >= 4 is 23.1 Å². The molecule has 3 rings (SSSR count). The molecule has 0 fully saturated rings. The molecule has 1 N–H and O–H groups in total. The summed E-state index contributed by atoms with van der Waals surface area (Å²) in [7, 11) is 4.64. The smallest absolute Gasteiger partial charge is 0.278 e. The fourth-order valence-electron chi connectivity index (χ4n) is 3.50. The number of hydrogen-bond acceptors (Lipinski definition) is 7. The molecule has 1 aliphatic rings. The number of carbonyl (C=O) groups is 2. The van der Waals surface area contributed by atoms with Crippen LogP contribution < -0.4 is 19.5 Å². The van der Waals surface area contributed by atoms with Crippen LogP contribution in [-0.4, -0.2) is 57.8 Å². The first-order chi connectivity index (χ1) is 15.5. The van der Waals surface area contributed by atoms with E-state index in [-0.39, 0.29) is 23.7 Å². The Balaban J connectivity index is 2.03. The van der Waals surface area contributed by atoms with Crippen LogP contribution in [0.5, 0.6) is 17.2 Å². The van der Waals surface area contributed by atoms with Crippen LogP contribution in [-0.2, 0) is 14.3 Å². The molecule has 0 aliphatic carbocycles. The summed E-state index contributed by atoms with van der Waals surface area (Å²) in [6.45, 7) is 3.12. The summed E-state index contributed by atoms with van der Waals surface area (Å²) in [4.78, 5) is 27.8. The molecule has 32 heavy (non-hydrogen) atoms. The molecule has 1 heterocycles. The van der Waals surface area contributed by atoms with E-state index in [0.29, 0.717) is 48.1 Å². The Kier molecular flexibility index (Phi) is 7.72. The number of nitrogens with one attached hydrogen (secondary N) is 1. The van der Waals surface area contributed by atoms with Gasteiger partial charge in [0.1, 0.15) is 11.4 Å². The molecule has 0 aromatic heterocycles. The average molecular weight is 440 g/mol. The lowest BCUT2D eigenvalue weighted by Crippen LogP contribution is -2.33. The molecule has 0 saturated heterocycles. The molecule has 8 heteroatoms. The first-order valence-corrected chi connectivity index (χ1v) is 10.4. The van der Waals surface area contributed by atoms with Gasteiger partial charge in [-0.1, -0.05) is 12.1 Å². The van der Waals surface area contributed by atoms with Gasteiger partial charge in [-0.25, -0.2) is 0 Å². The number of imide groups is 1. The van der Waals surface area contributed by atoms with Crippen molar-refractivity contribution in [3.05, 3.63) is 53.7 Å². The molecule has 0 bridgehead atoms. The quantitative estimate of drug-likeness (QED) is 0.424. The maximum absolute atomic E-state index is 13.3. The van der Waals surface area contributed by atoms with Crippen LogP contribution in [0.1, 0.15) is 18.9 Å². The summed E-state index contributed by atoms with van der Waals surface area (Å²) in [6.07, 6.45) is 0.542. The molecule has 0 saturated carbocycles. The zero-order chi connectivity index (χ0) is 23.1. The van der Waals surface area contributed by atoms with Crippen molar-refractivity contribution in [2.24, 2.45) is 0 Å². The fourth-order valence-corrected chi connectivity index (χ4v) is 3.50.